The second-order valence-corrected chi connectivity index (χ2v) is 7.02. The molecular weight excluding hydrogens is 298 g/mol. The fourth-order valence-electron chi connectivity index (χ4n) is 3.97. The zero-order valence-corrected chi connectivity index (χ0v) is 12.7. The maximum absolute atomic E-state index is 13.3. The lowest BCUT2D eigenvalue weighted by atomic mass is 9.71. The zero-order chi connectivity index (χ0) is 16.4. The number of benzene rings is 1. The highest BCUT2D eigenvalue weighted by atomic mass is 19.3. The number of carbonyl (C=O) groups excluding carboxylic acids is 1. The van der Waals surface area contributed by atoms with Crippen LogP contribution in [0.3, 0.4) is 0 Å². The van der Waals surface area contributed by atoms with Crippen molar-refractivity contribution in [1.82, 2.24) is 4.57 Å². The quantitative estimate of drug-likeness (QED) is 0.861. The van der Waals surface area contributed by atoms with E-state index in [0.29, 0.717) is 24.3 Å². The van der Waals surface area contributed by atoms with Gasteiger partial charge in [-0.15, -0.1) is 0 Å². The van der Waals surface area contributed by atoms with Crippen LogP contribution < -0.4 is 5.73 Å². The van der Waals surface area contributed by atoms with Crippen LogP contribution in [0, 0.1) is 11.3 Å². The van der Waals surface area contributed by atoms with E-state index in [1.807, 2.05) is 30.5 Å². The minimum absolute atomic E-state index is 0.0709. The first kappa shape index (κ1) is 14.4. The molecule has 1 aromatic carbocycles. The Morgan fingerprint density at radius 1 is 1.35 bits per heavy atom. The van der Waals surface area contributed by atoms with E-state index >= 15 is 0 Å². The summed E-state index contributed by atoms with van der Waals surface area (Å²) in [5.74, 6) is -2.64. The normalized spacial score (nSPS) is 27.8. The number of halogens is 2. The fraction of sp³-hybridized carbons (Fsp3) is 0.389. The monoisotopic (exact) mass is 316 g/mol. The van der Waals surface area contributed by atoms with Crippen molar-refractivity contribution in [2.75, 3.05) is 0 Å². The summed E-state index contributed by atoms with van der Waals surface area (Å²) in [6.07, 6.45) is 3.28. The van der Waals surface area contributed by atoms with E-state index in [1.165, 1.54) is 0 Å². The third-order valence-electron chi connectivity index (χ3n) is 5.44. The molecular formula is C18H18F2N2O. The number of aromatic nitrogens is 1. The molecule has 2 fully saturated rings. The Morgan fingerprint density at radius 2 is 2.04 bits per heavy atom. The van der Waals surface area contributed by atoms with Gasteiger partial charge in [0.15, 0.2) is 0 Å². The van der Waals surface area contributed by atoms with Crippen LogP contribution >= 0.6 is 0 Å². The first-order chi connectivity index (χ1) is 10.8. The molecule has 0 bridgehead atoms. The Kier molecular flexibility index (Phi) is 2.78. The van der Waals surface area contributed by atoms with Gasteiger partial charge in [-0.2, -0.15) is 0 Å². The van der Waals surface area contributed by atoms with Gasteiger partial charge in [-0.05, 0) is 42.5 Å². The third kappa shape index (κ3) is 2.10. The number of fused-ring (bicyclic) bond motifs is 1. The molecule has 1 aromatic heterocycles. The third-order valence-corrected chi connectivity index (χ3v) is 5.44. The predicted octanol–water partition coefficient (Wildman–Crippen LogP) is 3.58. The van der Waals surface area contributed by atoms with Crippen molar-refractivity contribution in [1.29, 1.82) is 0 Å². The van der Waals surface area contributed by atoms with Crippen LogP contribution in [0.1, 0.15) is 24.8 Å². The van der Waals surface area contributed by atoms with Gasteiger partial charge in [-0.25, -0.2) is 8.78 Å². The number of primary amides is 1. The second kappa shape index (κ2) is 4.43. The van der Waals surface area contributed by atoms with E-state index in [0.717, 1.165) is 17.4 Å². The largest absolute Gasteiger partial charge is 0.366 e. The van der Waals surface area contributed by atoms with Gasteiger partial charge in [0.2, 0.25) is 5.91 Å². The molecule has 4 rings (SSSR count). The number of hydrogen-bond donors (Lipinski definition) is 1. The molecule has 0 atom stereocenters. The molecule has 2 aliphatic carbocycles. The van der Waals surface area contributed by atoms with E-state index in [1.54, 1.807) is 0 Å². The van der Waals surface area contributed by atoms with E-state index in [-0.39, 0.29) is 12.0 Å². The minimum Gasteiger partial charge on any atom is -0.366 e. The van der Waals surface area contributed by atoms with Gasteiger partial charge in [0.05, 0.1) is 0 Å². The summed E-state index contributed by atoms with van der Waals surface area (Å²) in [4.78, 5) is 11.2. The number of hydrogen-bond acceptors (Lipinski definition) is 1. The van der Waals surface area contributed by atoms with Crippen molar-refractivity contribution in [3.05, 3.63) is 42.6 Å². The fourth-order valence-corrected chi connectivity index (χ4v) is 3.97. The van der Waals surface area contributed by atoms with E-state index in [9.17, 15) is 13.6 Å². The number of alkyl halides is 2. The molecule has 2 aliphatic rings. The maximum Gasteiger partial charge on any atom is 0.254 e. The molecule has 2 aromatic rings. The van der Waals surface area contributed by atoms with Crippen LogP contribution in [-0.4, -0.2) is 16.4 Å². The standard InChI is InChI=1S/C18H18F2N2O/c1-11(16(21)23)13-2-3-15-14(6-13)4-5-22(15)9-12-7-17(8-12)10-18(17,19)20/h2-6,12H,1,7-10H2,(H2,21,23). The molecule has 120 valence electrons. The van der Waals surface area contributed by atoms with Crippen molar-refractivity contribution < 1.29 is 13.6 Å². The Hall–Kier alpha value is -2.17. The summed E-state index contributed by atoms with van der Waals surface area (Å²) in [7, 11) is 0. The topological polar surface area (TPSA) is 48.0 Å². The van der Waals surface area contributed by atoms with Crippen LogP contribution in [0.4, 0.5) is 8.78 Å². The number of carbonyl (C=O) groups is 1. The Balaban J connectivity index is 1.51. The highest BCUT2D eigenvalue weighted by molar-refractivity contribution is 6.18. The lowest BCUT2D eigenvalue weighted by Crippen LogP contribution is -2.32. The van der Waals surface area contributed by atoms with Gasteiger partial charge in [-0.3, -0.25) is 4.79 Å². The Bertz CT molecular complexity index is 831. The van der Waals surface area contributed by atoms with Gasteiger partial charge in [-0.1, -0.05) is 12.6 Å². The molecule has 1 heterocycles. The number of nitrogens with zero attached hydrogens (tertiary/aromatic N) is 1. The van der Waals surface area contributed by atoms with Crippen molar-refractivity contribution in [2.24, 2.45) is 17.1 Å². The Labute approximate surface area is 132 Å². The smallest absolute Gasteiger partial charge is 0.254 e. The van der Waals surface area contributed by atoms with E-state index < -0.39 is 17.2 Å². The van der Waals surface area contributed by atoms with E-state index in [4.69, 9.17) is 5.73 Å². The summed E-state index contributed by atoms with van der Waals surface area (Å²) >= 11 is 0. The molecule has 2 N–H and O–H groups in total. The summed E-state index contributed by atoms with van der Waals surface area (Å²) in [5.41, 5.74) is 6.62. The molecule has 23 heavy (non-hydrogen) atoms. The average molecular weight is 316 g/mol. The van der Waals surface area contributed by atoms with Gasteiger partial charge >= 0.3 is 0 Å². The lowest BCUT2D eigenvalue weighted by Gasteiger charge is -2.36. The van der Waals surface area contributed by atoms with Crippen molar-refractivity contribution in [2.45, 2.75) is 31.7 Å². The molecule has 5 heteroatoms. The van der Waals surface area contributed by atoms with Gasteiger partial charge in [0.1, 0.15) is 0 Å². The maximum atomic E-state index is 13.3. The SMILES string of the molecule is C=C(C(N)=O)c1ccc2c(ccn2CC2CC3(C2)CC3(F)F)c1. The molecule has 0 unspecified atom stereocenters. The molecule has 3 nitrogen and oxygen atoms in total. The minimum atomic E-state index is -2.42. The van der Waals surface area contributed by atoms with Crippen LogP contribution in [0.5, 0.6) is 0 Å². The molecule has 0 aliphatic heterocycles. The molecule has 1 amide bonds. The molecule has 0 saturated heterocycles. The highest BCUT2D eigenvalue weighted by Crippen LogP contribution is 2.72. The number of nitrogens with two attached hydrogens (primary N) is 1. The lowest BCUT2D eigenvalue weighted by molar-refractivity contribution is -0.112. The van der Waals surface area contributed by atoms with Crippen LogP contribution in [0.15, 0.2) is 37.0 Å². The van der Waals surface area contributed by atoms with Gasteiger partial charge in [0, 0.05) is 41.1 Å². The molecule has 1 spiro atoms. The summed E-state index contributed by atoms with van der Waals surface area (Å²) in [5, 5.41) is 0.996. The first-order valence-corrected chi connectivity index (χ1v) is 7.77. The average Bonchev–Trinajstić information content (AvgIpc) is 2.85. The second-order valence-electron chi connectivity index (χ2n) is 7.02. The molecule has 0 radical (unpaired) electrons. The number of rotatable bonds is 4. The van der Waals surface area contributed by atoms with Crippen LogP contribution in [0.25, 0.3) is 16.5 Å². The number of amides is 1. The van der Waals surface area contributed by atoms with Gasteiger partial charge < -0.3 is 10.3 Å². The van der Waals surface area contributed by atoms with Gasteiger partial charge in [0.25, 0.3) is 5.92 Å². The highest BCUT2D eigenvalue weighted by Gasteiger charge is 2.75. The van der Waals surface area contributed by atoms with Crippen molar-refractivity contribution >= 4 is 22.4 Å². The summed E-state index contributed by atoms with van der Waals surface area (Å²) < 4.78 is 28.6. The van der Waals surface area contributed by atoms with Crippen LogP contribution in [-0.2, 0) is 11.3 Å². The predicted molar refractivity (Wildman–Crippen MR) is 84.9 cm³/mol. The van der Waals surface area contributed by atoms with E-state index in [2.05, 4.69) is 11.1 Å². The van der Waals surface area contributed by atoms with Crippen molar-refractivity contribution in [3.63, 3.8) is 0 Å². The zero-order valence-electron chi connectivity index (χ0n) is 12.7. The van der Waals surface area contributed by atoms with Crippen molar-refractivity contribution in [3.8, 4) is 0 Å². The Morgan fingerprint density at radius 3 is 2.65 bits per heavy atom. The first-order valence-electron chi connectivity index (χ1n) is 7.77. The summed E-state index contributed by atoms with van der Waals surface area (Å²) in [6.45, 7) is 4.45. The van der Waals surface area contributed by atoms with Crippen LogP contribution in [0.2, 0.25) is 0 Å². The summed E-state index contributed by atoms with van der Waals surface area (Å²) in [6, 6.07) is 7.60. The molecule has 2 saturated carbocycles.